The molecule has 0 aliphatic rings. The van der Waals surface area contributed by atoms with Crippen molar-refractivity contribution in [2.24, 2.45) is 0 Å². The van der Waals surface area contributed by atoms with Crippen LogP contribution >= 0.6 is 11.6 Å². The Bertz CT molecular complexity index is 285. The zero-order valence-electron chi connectivity index (χ0n) is 8.62. The summed E-state index contributed by atoms with van der Waals surface area (Å²) in [4.78, 5) is 10.4. The highest BCUT2D eigenvalue weighted by atomic mass is 35.5. The second-order valence-corrected chi connectivity index (χ2v) is 3.75. The lowest BCUT2D eigenvalue weighted by molar-refractivity contribution is -0.111. The van der Waals surface area contributed by atoms with Crippen LogP contribution in [0.5, 0.6) is 5.75 Å². The molecule has 0 bridgehead atoms. The van der Waals surface area contributed by atoms with Crippen LogP contribution in [0.4, 0.5) is 0 Å². The second kappa shape index (κ2) is 7.30. The van der Waals surface area contributed by atoms with Crippen LogP contribution in [-0.4, -0.2) is 11.8 Å². The molecule has 0 radical (unpaired) electrons. The van der Waals surface area contributed by atoms with E-state index in [2.05, 4.69) is 0 Å². The largest absolute Gasteiger partial charge is 0.494 e. The van der Waals surface area contributed by atoms with Gasteiger partial charge in [0.2, 0.25) is 5.24 Å². The quantitative estimate of drug-likeness (QED) is 0.526. The number of carbonyl (C=O) groups excluding carboxylic acids is 1. The lowest BCUT2D eigenvalue weighted by atomic mass is 10.2. The van der Waals surface area contributed by atoms with Crippen molar-refractivity contribution in [2.45, 2.75) is 25.7 Å². The van der Waals surface area contributed by atoms with Gasteiger partial charge < -0.3 is 4.74 Å². The molecule has 0 saturated carbocycles. The molecule has 82 valence electrons. The first-order chi connectivity index (χ1) is 7.29. The Hall–Kier alpha value is -1.02. The van der Waals surface area contributed by atoms with Crippen LogP contribution in [0.1, 0.15) is 25.7 Å². The minimum atomic E-state index is -0.251. The number of hydrogen-bond acceptors (Lipinski definition) is 2. The zero-order valence-corrected chi connectivity index (χ0v) is 9.37. The molecule has 0 atom stereocenters. The highest BCUT2D eigenvalue weighted by Crippen LogP contribution is 2.09. The van der Waals surface area contributed by atoms with Crippen LogP contribution in [0, 0.1) is 0 Å². The number of ether oxygens (including phenoxy) is 1. The molecule has 2 nitrogen and oxygen atoms in total. The lowest BCUT2D eigenvalue weighted by Crippen LogP contribution is -1.97. The Balaban J connectivity index is 2.00. The summed E-state index contributed by atoms with van der Waals surface area (Å²) in [6.07, 6.45) is 3.25. The maximum atomic E-state index is 10.4. The molecule has 0 saturated heterocycles. The van der Waals surface area contributed by atoms with Crippen molar-refractivity contribution in [1.82, 2.24) is 0 Å². The Labute approximate surface area is 95.2 Å². The van der Waals surface area contributed by atoms with E-state index in [-0.39, 0.29) is 5.24 Å². The highest BCUT2D eigenvalue weighted by molar-refractivity contribution is 6.63. The number of benzene rings is 1. The molecule has 0 spiro atoms. The number of unbranched alkanes of at least 4 members (excludes halogenated alkanes) is 2. The fourth-order valence-corrected chi connectivity index (χ4v) is 1.38. The van der Waals surface area contributed by atoms with E-state index in [1.165, 1.54) is 0 Å². The minimum Gasteiger partial charge on any atom is -0.494 e. The summed E-state index contributed by atoms with van der Waals surface area (Å²) in [5.74, 6) is 0.894. The van der Waals surface area contributed by atoms with Gasteiger partial charge in [0, 0.05) is 6.42 Å². The van der Waals surface area contributed by atoms with Crippen molar-refractivity contribution < 1.29 is 9.53 Å². The lowest BCUT2D eigenvalue weighted by Gasteiger charge is -2.04. The summed E-state index contributed by atoms with van der Waals surface area (Å²) in [5.41, 5.74) is 0. The van der Waals surface area contributed by atoms with Crippen molar-refractivity contribution in [3.05, 3.63) is 30.3 Å². The third kappa shape index (κ3) is 6.13. The van der Waals surface area contributed by atoms with Gasteiger partial charge in [-0.15, -0.1) is 0 Å². The van der Waals surface area contributed by atoms with Crippen molar-refractivity contribution in [3.63, 3.8) is 0 Å². The first-order valence-corrected chi connectivity index (χ1v) is 5.53. The van der Waals surface area contributed by atoms with Crippen LogP contribution in [0.3, 0.4) is 0 Å². The molecule has 0 amide bonds. The smallest absolute Gasteiger partial charge is 0.221 e. The van der Waals surface area contributed by atoms with Crippen molar-refractivity contribution in [3.8, 4) is 5.75 Å². The molecule has 1 rings (SSSR count). The molecule has 0 aromatic heterocycles. The molecular formula is C12H15ClO2. The van der Waals surface area contributed by atoms with Crippen LogP contribution in [-0.2, 0) is 4.79 Å². The molecule has 0 aliphatic heterocycles. The molecule has 1 aromatic rings. The van der Waals surface area contributed by atoms with Gasteiger partial charge in [-0.2, -0.15) is 0 Å². The first-order valence-electron chi connectivity index (χ1n) is 5.15. The standard InChI is InChI=1S/C12H15ClO2/c13-12(14)9-5-2-6-10-15-11-7-3-1-4-8-11/h1,3-4,7-8H,2,5-6,9-10H2. The van der Waals surface area contributed by atoms with Gasteiger partial charge in [0.1, 0.15) is 5.75 Å². The summed E-state index contributed by atoms with van der Waals surface area (Å²) in [6.45, 7) is 0.695. The van der Waals surface area contributed by atoms with E-state index in [1.807, 2.05) is 30.3 Å². The van der Waals surface area contributed by atoms with Crippen LogP contribution in [0.15, 0.2) is 30.3 Å². The van der Waals surface area contributed by atoms with Gasteiger partial charge in [-0.1, -0.05) is 18.2 Å². The number of rotatable bonds is 7. The van der Waals surface area contributed by atoms with E-state index >= 15 is 0 Å². The second-order valence-electron chi connectivity index (χ2n) is 3.33. The molecule has 0 fully saturated rings. The fraction of sp³-hybridized carbons (Fsp3) is 0.417. The van der Waals surface area contributed by atoms with E-state index in [0.29, 0.717) is 13.0 Å². The molecule has 3 heteroatoms. The molecule has 0 aliphatic carbocycles. The summed E-state index contributed by atoms with van der Waals surface area (Å²) in [5, 5.41) is -0.251. The fourth-order valence-electron chi connectivity index (χ4n) is 1.25. The Morgan fingerprint density at radius 1 is 1.13 bits per heavy atom. The Morgan fingerprint density at radius 3 is 2.53 bits per heavy atom. The highest BCUT2D eigenvalue weighted by Gasteiger charge is 1.96. The molecule has 0 N–H and O–H groups in total. The van der Waals surface area contributed by atoms with Crippen LogP contribution in [0.2, 0.25) is 0 Å². The summed E-state index contributed by atoms with van der Waals surface area (Å²) < 4.78 is 5.50. The molecule has 0 unspecified atom stereocenters. The summed E-state index contributed by atoms with van der Waals surface area (Å²) >= 11 is 5.22. The van der Waals surface area contributed by atoms with Crippen molar-refractivity contribution in [1.29, 1.82) is 0 Å². The number of hydrogen-bond donors (Lipinski definition) is 0. The Kier molecular flexibility index (Phi) is 5.86. The van der Waals surface area contributed by atoms with Gasteiger partial charge in [0.05, 0.1) is 6.61 Å². The number of para-hydroxylation sites is 1. The molecule has 1 aromatic carbocycles. The maximum absolute atomic E-state index is 10.4. The van der Waals surface area contributed by atoms with E-state index in [1.54, 1.807) is 0 Å². The minimum absolute atomic E-state index is 0.251. The topological polar surface area (TPSA) is 26.3 Å². The van der Waals surface area contributed by atoms with Crippen molar-refractivity contribution >= 4 is 16.8 Å². The van der Waals surface area contributed by atoms with Gasteiger partial charge in [-0.3, -0.25) is 4.79 Å². The van der Waals surface area contributed by atoms with E-state index < -0.39 is 0 Å². The number of halogens is 1. The summed E-state index contributed by atoms with van der Waals surface area (Å²) in [6, 6.07) is 9.71. The predicted molar refractivity (Wildman–Crippen MR) is 61.3 cm³/mol. The maximum Gasteiger partial charge on any atom is 0.221 e. The SMILES string of the molecule is O=C(Cl)CCCCCOc1ccccc1. The third-order valence-electron chi connectivity index (χ3n) is 2.03. The van der Waals surface area contributed by atoms with E-state index in [9.17, 15) is 4.79 Å². The molecular weight excluding hydrogens is 212 g/mol. The van der Waals surface area contributed by atoms with Crippen LogP contribution in [0.25, 0.3) is 0 Å². The molecule has 0 heterocycles. The van der Waals surface area contributed by atoms with Gasteiger partial charge in [0.25, 0.3) is 0 Å². The predicted octanol–water partition coefficient (Wildman–Crippen LogP) is 3.39. The first kappa shape index (κ1) is 12.1. The Morgan fingerprint density at radius 2 is 1.87 bits per heavy atom. The normalized spacial score (nSPS) is 9.93. The van der Waals surface area contributed by atoms with Gasteiger partial charge in [-0.25, -0.2) is 0 Å². The molecule has 15 heavy (non-hydrogen) atoms. The van der Waals surface area contributed by atoms with E-state index in [4.69, 9.17) is 16.3 Å². The number of carbonyl (C=O) groups is 1. The third-order valence-corrected chi connectivity index (χ3v) is 2.22. The van der Waals surface area contributed by atoms with E-state index in [0.717, 1.165) is 25.0 Å². The summed E-state index contributed by atoms with van der Waals surface area (Å²) in [7, 11) is 0. The average Bonchev–Trinajstić information content (AvgIpc) is 2.24. The van der Waals surface area contributed by atoms with Crippen LogP contribution < -0.4 is 4.74 Å². The van der Waals surface area contributed by atoms with Gasteiger partial charge in [-0.05, 0) is 43.0 Å². The van der Waals surface area contributed by atoms with Gasteiger partial charge in [0.15, 0.2) is 0 Å². The zero-order chi connectivity index (χ0) is 10.9. The van der Waals surface area contributed by atoms with Gasteiger partial charge >= 0.3 is 0 Å². The monoisotopic (exact) mass is 226 g/mol. The van der Waals surface area contributed by atoms with Crippen molar-refractivity contribution in [2.75, 3.05) is 6.61 Å². The average molecular weight is 227 g/mol.